The van der Waals surface area contributed by atoms with Crippen LogP contribution in [0.3, 0.4) is 0 Å². The predicted octanol–water partition coefficient (Wildman–Crippen LogP) is 1.94. The molecule has 1 unspecified atom stereocenters. The van der Waals surface area contributed by atoms with Gasteiger partial charge in [0, 0.05) is 25.7 Å². The fraction of sp³-hybridized carbons (Fsp3) is 0.562. The average molecular weight is 307 g/mol. The lowest BCUT2D eigenvalue weighted by atomic mass is 10.2. The molecule has 0 radical (unpaired) electrons. The minimum Gasteiger partial charge on any atom is -0.454 e. The van der Waals surface area contributed by atoms with Crippen molar-refractivity contribution in [2.75, 3.05) is 26.9 Å². The number of ether oxygens (including phenoxy) is 2. The number of hydrogen-bond donors (Lipinski definition) is 2. The van der Waals surface area contributed by atoms with Crippen LogP contribution in [0.1, 0.15) is 25.8 Å². The topological polar surface area (TPSA) is 62.8 Å². The Morgan fingerprint density at radius 1 is 1.32 bits per heavy atom. The van der Waals surface area contributed by atoms with E-state index >= 15 is 0 Å². The molecule has 122 valence electrons. The van der Waals surface area contributed by atoms with Crippen molar-refractivity contribution in [3.63, 3.8) is 0 Å². The fourth-order valence-electron chi connectivity index (χ4n) is 2.17. The van der Waals surface area contributed by atoms with Gasteiger partial charge in [-0.05, 0) is 38.1 Å². The first-order valence-electron chi connectivity index (χ1n) is 7.70. The van der Waals surface area contributed by atoms with E-state index in [1.807, 2.05) is 18.2 Å². The molecule has 0 aromatic heterocycles. The summed E-state index contributed by atoms with van der Waals surface area (Å²) in [6.07, 6.45) is 1.10. The van der Waals surface area contributed by atoms with Crippen LogP contribution in [0.15, 0.2) is 18.2 Å². The molecule has 1 aromatic rings. The van der Waals surface area contributed by atoms with Gasteiger partial charge in [-0.3, -0.25) is 0 Å². The third-order valence-electron chi connectivity index (χ3n) is 3.98. The molecule has 2 N–H and O–H groups in total. The van der Waals surface area contributed by atoms with Gasteiger partial charge in [0.05, 0.1) is 0 Å². The lowest BCUT2D eigenvalue weighted by Crippen LogP contribution is -2.41. The maximum atomic E-state index is 11.8. The molecule has 6 nitrogen and oxygen atoms in total. The summed E-state index contributed by atoms with van der Waals surface area (Å²) in [6, 6.07) is 6.04. The molecule has 0 saturated heterocycles. The van der Waals surface area contributed by atoms with Gasteiger partial charge < -0.3 is 25.0 Å². The van der Waals surface area contributed by atoms with Crippen LogP contribution in [0.2, 0.25) is 0 Å². The zero-order valence-electron chi connectivity index (χ0n) is 13.5. The standard InChI is InChI=1S/C16H25N3O3/c1-4-12(2)19(3)8-7-17-16(20)18-10-13-5-6-14-15(9-13)22-11-21-14/h5-6,9,12H,4,7-8,10-11H2,1-3H3,(H2,17,18,20). The number of likely N-dealkylation sites (N-methyl/N-ethyl adjacent to an activating group) is 1. The van der Waals surface area contributed by atoms with Crippen LogP contribution in [0.25, 0.3) is 0 Å². The van der Waals surface area contributed by atoms with Gasteiger partial charge in [-0.2, -0.15) is 0 Å². The van der Waals surface area contributed by atoms with Crippen LogP contribution in [-0.4, -0.2) is 43.9 Å². The minimum atomic E-state index is -0.157. The molecule has 2 rings (SSSR count). The largest absolute Gasteiger partial charge is 0.454 e. The van der Waals surface area contributed by atoms with Gasteiger partial charge in [0.1, 0.15) is 0 Å². The molecule has 1 aliphatic heterocycles. The number of nitrogens with zero attached hydrogens (tertiary/aromatic N) is 1. The molecular weight excluding hydrogens is 282 g/mol. The summed E-state index contributed by atoms with van der Waals surface area (Å²) in [5.41, 5.74) is 0.983. The maximum Gasteiger partial charge on any atom is 0.315 e. The van der Waals surface area contributed by atoms with Gasteiger partial charge in [-0.25, -0.2) is 4.79 Å². The first-order chi connectivity index (χ1) is 10.6. The van der Waals surface area contributed by atoms with Crippen LogP contribution in [0.5, 0.6) is 11.5 Å². The molecule has 1 aromatic carbocycles. The number of hydrogen-bond acceptors (Lipinski definition) is 4. The number of amides is 2. The van der Waals surface area contributed by atoms with Crippen molar-refractivity contribution in [1.29, 1.82) is 0 Å². The summed E-state index contributed by atoms with van der Waals surface area (Å²) < 4.78 is 10.6. The summed E-state index contributed by atoms with van der Waals surface area (Å²) in [5, 5.41) is 5.71. The Kier molecular flexibility index (Phi) is 5.89. The van der Waals surface area contributed by atoms with Gasteiger partial charge in [0.2, 0.25) is 6.79 Å². The first-order valence-corrected chi connectivity index (χ1v) is 7.70. The van der Waals surface area contributed by atoms with Crippen molar-refractivity contribution in [2.24, 2.45) is 0 Å². The average Bonchev–Trinajstić information content (AvgIpc) is 2.99. The summed E-state index contributed by atoms with van der Waals surface area (Å²) >= 11 is 0. The number of rotatable bonds is 7. The Hall–Kier alpha value is -1.95. The number of carbonyl (C=O) groups is 1. The highest BCUT2D eigenvalue weighted by Crippen LogP contribution is 2.32. The van der Waals surface area contributed by atoms with Crippen molar-refractivity contribution in [3.05, 3.63) is 23.8 Å². The summed E-state index contributed by atoms with van der Waals surface area (Å²) in [5.74, 6) is 1.48. The van der Waals surface area contributed by atoms with E-state index in [1.165, 1.54) is 0 Å². The van der Waals surface area contributed by atoms with Crippen molar-refractivity contribution in [3.8, 4) is 11.5 Å². The summed E-state index contributed by atoms with van der Waals surface area (Å²) in [7, 11) is 2.07. The molecule has 1 heterocycles. The van der Waals surface area contributed by atoms with E-state index in [0.29, 0.717) is 19.1 Å². The van der Waals surface area contributed by atoms with Gasteiger partial charge in [0.25, 0.3) is 0 Å². The van der Waals surface area contributed by atoms with Crippen LogP contribution < -0.4 is 20.1 Å². The molecule has 0 bridgehead atoms. The monoisotopic (exact) mass is 307 g/mol. The normalized spacial score (nSPS) is 14.0. The second-order valence-electron chi connectivity index (χ2n) is 5.53. The van der Waals surface area contributed by atoms with E-state index in [1.54, 1.807) is 0 Å². The molecule has 22 heavy (non-hydrogen) atoms. The molecule has 2 amide bonds. The molecule has 0 spiro atoms. The van der Waals surface area contributed by atoms with Crippen LogP contribution >= 0.6 is 0 Å². The van der Waals surface area contributed by atoms with E-state index in [-0.39, 0.29) is 12.8 Å². The fourth-order valence-corrected chi connectivity index (χ4v) is 2.17. The Morgan fingerprint density at radius 3 is 2.86 bits per heavy atom. The number of benzene rings is 1. The minimum absolute atomic E-state index is 0.157. The number of urea groups is 1. The molecule has 0 fully saturated rings. The number of fused-ring (bicyclic) bond motifs is 1. The SMILES string of the molecule is CCC(C)N(C)CCNC(=O)NCc1ccc2c(c1)OCO2. The Bertz CT molecular complexity index is 507. The third kappa shape index (κ3) is 4.53. The molecule has 0 aliphatic carbocycles. The van der Waals surface area contributed by atoms with Gasteiger partial charge >= 0.3 is 6.03 Å². The van der Waals surface area contributed by atoms with Crippen LogP contribution in [0, 0.1) is 0 Å². The number of nitrogens with one attached hydrogen (secondary N) is 2. The molecular formula is C16H25N3O3. The van der Waals surface area contributed by atoms with E-state index < -0.39 is 0 Å². The lowest BCUT2D eigenvalue weighted by Gasteiger charge is -2.23. The van der Waals surface area contributed by atoms with Crippen molar-refractivity contribution in [1.82, 2.24) is 15.5 Å². The highest BCUT2D eigenvalue weighted by molar-refractivity contribution is 5.73. The van der Waals surface area contributed by atoms with Gasteiger partial charge in [-0.15, -0.1) is 0 Å². The van der Waals surface area contributed by atoms with E-state index in [0.717, 1.165) is 30.0 Å². The third-order valence-corrected chi connectivity index (χ3v) is 3.98. The maximum absolute atomic E-state index is 11.8. The van der Waals surface area contributed by atoms with E-state index in [2.05, 4.69) is 36.4 Å². The van der Waals surface area contributed by atoms with Crippen LogP contribution in [-0.2, 0) is 6.54 Å². The highest BCUT2D eigenvalue weighted by Gasteiger charge is 2.13. The smallest absolute Gasteiger partial charge is 0.315 e. The zero-order chi connectivity index (χ0) is 15.9. The highest BCUT2D eigenvalue weighted by atomic mass is 16.7. The Labute approximate surface area is 131 Å². The van der Waals surface area contributed by atoms with Crippen molar-refractivity contribution in [2.45, 2.75) is 32.9 Å². The molecule has 6 heteroatoms. The van der Waals surface area contributed by atoms with Gasteiger partial charge in [-0.1, -0.05) is 13.0 Å². The second-order valence-corrected chi connectivity index (χ2v) is 5.53. The molecule has 1 aliphatic rings. The van der Waals surface area contributed by atoms with E-state index in [4.69, 9.17) is 9.47 Å². The number of carbonyl (C=O) groups excluding carboxylic acids is 1. The lowest BCUT2D eigenvalue weighted by molar-refractivity contribution is 0.174. The Balaban J connectivity index is 1.67. The quantitative estimate of drug-likeness (QED) is 0.808. The first kappa shape index (κ1) is 16.4. The second kappa shape index (κ2) is 7.89. The Morgan fingerprint density at radius 2 is 2.09 bits per heavy atom. The van der Waals surface area contributed by atoms with Crippen molar-refractivity contribution >= 4 is 6.03 Å². The molecule has 0 saturated carbocycles. The van der Waals surface area contributed by atoms with Crippen LogP contribution in [0.4, 0.5) is 4.79 Å². The zero-order valence-corrected chi connectivity index (χ0v) is 13.5. The van der Waals surface area contributed by atoms with Gasteiger partial charge in [0.15, 0.2) is 11.5 Å². The van der Waals surface area contributed by atoms with E-state index in [9.17, 15) is 4.79 Å². The van der Waals surface area contributed by atoms with Crippen molar-refractivity contribution < 1.29 is 14.3 Å². The summed E-state index contributed by atoms with van der Waals surface area (Å²) in [4.78, 5) is 14.0. The molecule has 1 atom stereocenters. The predicted molar refractivity (Wildman–Crippen MR) is 85.2 cm³/mol. The summed E-state index contributed by atoms with van der Waals surface area (Å²) in [6.45, 7) is 6.53.